The van der Waals surface area contributed by atoms with Crippen LogP contribution in [0.5, 0.6) is 0 Å². The predicted molar refractivity (Wildman–Crippen MR) is 68.6 cm³/mol. The first kappa shape index (κ1) is 12.6. The Bertz CT molecular complexity index is 409. The Hall–Kier alpha value is -0.870. The molecule has 0 bridgehead atoms. The third-order valence-electron chi connectivity index (χ3n) is 2.92. The molecule has 0 N–H and O–H groups in total. The van der Waals surface area contributed by atoms with Crippen molar-refractivity contribution in [3.8, 4) is 0 Å². The molecule has 0 atom stereocenters. The Morgan fingerprint density at radius 3 is 2.88 bits per heavy atom. The number of rotatable bonds is 2. The summed E-state index contributed by atoms with van der Waals surface area (Å²) in [6, 6.07) is 0. The van der Waals surface area contributed by atoms with Crippen LogP contribution < -0.4 is 4.90 Å². The molecule has 0 amide bonds. The van der Waals surface area contributed by atoms with Crippen molar-refractivity contribution in [1.29, 1.82) is 0 Å². The van der Waals surface area contributed by atoms with Gasteiger partial charge in [-0.05, 0) is 20.8 Å². The molecular weight excluding hydrogens is 238 g/mol. The van der Waals surface area contributed by atoms with Crippen LogP contribution in [0, 0.1) is 6.92 Å². The number of anilines is 1. The Labute approximate surface area is 107 Å². The molecule has 1 aromatic rings. The van der Waals surface area contributed by atoms with Gasteiger partial charge < -0.3 is 9.64 Å². The fourth-order valence-electron chi connectivity index (χ4n) is 1.95. The van der Waals surface area contributed by atoms with E-state index in [0.717, 1.165) is 30.3 Å². The van der Waals surface area contributed by atoms with Crippen LogP contribution in [0.4, 0.5) is 5.95 Å². The maximum absolute atomic E-state index is 5.80. The highest BCUT2D eigenvalue weighted by Crippen LogP contribution is 2.21. The maximum atomic E-state index is 5.80. The summed E-state index contributed by atoms with van der Waals surface area (Å²) in [6.45, 7) is 8.50. The second kappa shape index (κ2) is 4.78. The lowest BCUT2D eigenvalue weighted by Gasteiger charge is -2.38. The number of hydrogen-bond acceptors (Lipinski definition) is 4. The molecule has 2 heterocycles. The van der Waals surface area contributed by atoms with Crippen LogP contribution in [0.15, 0.2) is 6.20 Å². The SMILES string of the molecule is Cc1nc(N2CCOC(C)(C)C2)ncc1CCl. The summed E-state index contributed by atoms with van der Waals surface area (Å²) in [5.74, 6) is 1.23. The van der Waals surface area contributed by atoms with Gasteiger partial charge in [-0.15, -0.1) is 11.6 Å². The van der Waals surface area contributed by atoms with E-state index in [1.54, 1.807) is 0 Å². The van der Waals surface area contributed by atoms with Gasteiger partial charge in [0.2, 0.25) is 5.95 Å². The fraction of sp³-hybridized carbons (Fsp3) is 0.667. The van der Waals surface area contributed by atoms with Gasteiger partial charge in [-0.25, -0.2) is 9.97 Å². The molecule has 1 aromatic heterocycles. The van der Waals surface area contributed by atoms with E-state index in [9.17, 15) is 0 Å². The Morgan fingerprint density at radius 2 is 2.29 bits per heavy atom. The van der Waals surface area contributed by atoms with E-state index >= 15 is 0 Å². The molecular formula is C12H18ClN3O. The van der Waals surface area contributed by atoms with E-state index in [1.807, 2.05) is 13.1 Å². The van der Waals surface area contributed by atoms with Gasteiger partial charge in [-0.3, -0.25) is 0 Å². The summed E-state index contributed by atoms with van der Waals surface area (Å²) < 4.78 is 5.67. The number of hydrogen-bond donors (Lipinski definition) is 0. The molecule has 0 aliphatic carbocycles. The van der Waals surface area contributed by atoms with Gasteiger partial charge in [0.1, 0.15) is 0 Å². The summed E-state index contributed by atoms with van der Waals surface area (Å²) in [5.41, 5.74) is 1.80. The number of morpholine rings is 1. The molecule has 17 heavy (non-hydrogen) atoms. The fourth-order valence-corrected chi connectivity index (χ4v) is 2.21. The summed E-state index contributed by atoms with van der Waals surface area (Å²) in [6.07, 6.45) is 1.81. The van der Waals surface area contributed by atoms with Crippen LogP contribution in [0.1, 0.15) is 25.1 Å². The molecule has 0 aromatic carbocycles. The zero-order chi connectivity index (χ0) is 12.5. The molecule has 0 spiro atoms. The van der Waals surface area contributed by atoms with Crippen molar-refractivity contribution < 1.29 is 4.74 Å². The molecule has 94 valence electrons. The second-order valence-electron chi connectivity index (χ2n) is 4.94. The molecule has 0 unspecified atom stereocenters. The van der Waals surface area contributed by atoms with Gasteiger partial charge in [-0.1, -0.05) is 0 Å². The molecule has 0 saturated carbocycles. The van der Waals surface area contributed by atoms with Crippen LogP contribution in [-0.4, -0.2) is 35.3 Å². The normalized spacial score (nSPS) is 19.4. The predicted octanol–water partition coefficient (Wildman–Crippen LogP) is 2.14. The van der Waals surface area contributed by atoms with Crippen LogP contribution >= 0.6 is 11.6 Å². The van der Waals surface area contributed by atoms with Crippen molar-refractivity contribution in [3.05, 3.63) is 17.5 Å². The number of nitrogens with zero attached hydrogens (tertiary/aromatic N) is 3. The minimum atomic E-state index is -0.138. The monoisotopic (exact) mass is 255 g/mol. The minimum absolute atomic E-state index is 0.138. The number of alkyl halides is 1. The van der Waals surface area contributed by atoms with Crippen molar-refractivity contribution in [1.82, 2.24) is 9.97 Å². The Morgan fingerprint density at radius 1 is 1.53 bits per heavy atom. The first-order valence-electron chi connectivity index (χ1n) is 5.79. The van der Waals surface area contributed by atoms with Crippen LogP contribution in [0.25, 0.3) is 0 Å². The largest absolute Gasteiger partial charge is 0.372 e. The van der Waals surface area contributed by atoms with Crippen LogP contribution in [0.2, 0.25) is 0 Å². The number of halogens is 1. The summed E-state index contributed by atoms with van der Waals surface area (Å²) >= 11 is 5.80. The van der Waals surface area contributed by atoms with Gasteiger partial charge in [0.15, 0.2) is 0 Å². The topological polar surface area (TPSA) is 38.2 Å². The number of aromatic nitrogens is 2. The van der Waals surface area contributed by atoms with E-state index in [-0.39, 0.29) is 5.60 Å². The lowest BCUT2D eigenvalue weighted by atomic mass is 10.1. The Balaban J connectivity index is 2.19. The number of aryl methyl sites for hydroxylation is 1. The zero-order valence-corrected chi connectivity index (χ0v) is 11.3. The average Bonchev–Trinajstić information content (AvgIpc) is 2.27. The molecule has 1 aliphatic heterocycles. The molecule has 1 saturated heterocycles. The minimum Gasteiger partial charge on any atom is -0.372 e. The third kappa shape index (κ3) is 2.87. The van der Waals surface area contributed by atoms with Gasteiger partial charge in [0.05, 0.1) is 18.1 Å². The summed E-state index contributed by atoms with van der Waals surface area (Å²) in [4.78, 5) is 11.0. The third-order valence-corrected chi connectivity index (χ3v) is 3.21. The van der Waals surface area contributed by atoms with Crippen molar-refractivity contribution >= 4 is 17.5 Å². The zero-order valence-electron chi connectivity index (χ0n) is 10.5. The lowest BCUT2D eigenvalue weighted by molar-refractivity contribution is -0.0281. The van der Waals surface area contributed by atoms with Gasteiger partial charge in [0, 0.05) is 30.5 Å². The number of ether oxygens (including phenoxy) is 1. The van der Waals surface area contributed by atoms with Crippen molar-refractivity contribution in [2.45, 2.75) is 32.3 Å². The molecule has 1 fully saturated rings. The van der Waals surface area contributed by atoms with E-state index in [2.05, 4.69) is 28.7 Å². The van der Waals surface area contributed by atoms with Gasteiger partial charge >= 0.3 is 0 Å². The summed E-state index contributed by atoms with van der Waals surface area (Å²) in [5, 5.41) is 0. The highest BCUT2D eigenvalue weighted by molar-refractivity contribution is 6.17. The second-order valence-corrected chi connectivity index (χ2v) is 5.21. The molecule has 0 radical (unpaired) electrons. The lowest BCUT2D eigenvalue weighted by Crippen LogP contribution is -2.49. The van der Waals surface area contributed by atoms with Crippen molar-refractivity contribution in [2.75, 3.05) is 24.6 Å². The van der Waals surface area contributed by atoms with Crippen LogP contribution in [0.3, 0.4) is 0 Å². The van der Waals surface area contributed by atoms with E-state index < -0.39 is 0 Å². The maximum Gasteiger partial charge on any atom is 0.225 e. The smallest absolute Gasteiger partial charge is 0.225 e. The molecule has 5 heteroatoms. The molecule has 1 aliphatic rings. The first-order valence-corrected chi connectivity index (χ1v) is 6.33. The molecule has 4 nitrogen and oxygen atoms in total. The van der Waals surface area contributed by atoms with E-state index in [1.165, 1.54) is 0 Å². The summed E-state index contributed by atoms with van der Waals surface area (Å²) in [7, 11) is 0. The Kier molecular flexibility index (Phi) is 3.54. The highest BCUT2D eigenvalue weighted by Gasteiger charge is 2.28. The average molecular weight is 256 g/mol. The highest BCUT2D eigenvalue weighted by atomic mass is 35.5. The van der Waals surface area contributed by atoms with Crippen LogP contribution in [-0.2, 0) is 10.6 Å². The van der Waals surface area contributed by atoms with Gasteiger partial charge in [-0.2, -0.15) is 0 Å². The van der Waals surface area contributed by atoms with E-state index in [4.69, 9.17) is 16.3 Å². The van der Waals surface area contributed by atoms with E-state index in [0.29, 0.717) is 12.5 Å². The van der Waals surface area contributed by atoms with Crippen molar-refractivity contribution in [2.24, 2.45) is 0 Å². The van der Waals surface area contributed by atoms with Gasteiger partial charge in [0.25, 0.3) is 0 Å². The quantitative estimate of drug-likeness (QED) is 0.759. The first-order chi connectivity index (χ1) is 8.02. The molecule has 2 rings (SSSR count). The van der Waals surface area contributed by atoms with Crippen molar-refractivity contribution in [3.63, 3.8) is 0 Å². The standard InChI is InChI=1S/C12H18ClN3O/c1-9-10(6-13)7-14-11(15-9)16-4-5-17-12(2,3)8-16/h7H,4-6,8H2,1-3H3.